The largest absolute Gasteiger partial charge is 0.468 e. The summed E-state index contributed by atoms with van der Waals surface area (Å²) in [5.74, 6) is 1.01. The summed E-state index contributed by atoms with van der Waals surface area (Å²) in [6, 6.07) is 14.3. The van der Waals surface area contributed by atoms with E-state index >= 15 is 0 Å². The number of nitrogens with one attached hydrogen (secondary N) is 1. The summed E-state index contributed by atoms with van der Waals surface area (Å²) in [5.41, 5.74) is 1.95. The third-order valence-electron chi connectivity index (χ3n) is 5.42. The summed E-state index contributed by atoms with van der Waals surface area (Å²) >= 11 is 0. The summed E-state index contributed by atoms with van der Waals surface area (Å²) in [6.07, 6.45) is 11.2. The topological polar surface area (TPSA) is 63.3 Å². The molecule has 0 unspecified atom stereocenters. The van der Waals surface area contributed by atoms with Gasteiger partial charge in [-0.3, -0.25) is 14.4 Å². The summed E-state index contributed by atoms with van der Waals surface area (Å²) in [4.78, 5) is 14.6. The fourth-order valence-electron chi connectivity index (χ4n) is 3.57. The predicted octanol–water partition coefficient (Wildman–Crippen LogP) is 4.24. The Hall–Kier alpha value is -2.86. The van der Waals surface area contributed by atoms with Gasteiger partial charge in [-0.15, -0.1) is 0 Å². The van der Waals surface area contributed by atoms with Crippen LogP contribution in [0.3, 0.4) is 0 Å². The van der Waals surface area contributed by atoms with Crippen LogP contribution in [0.2, 0.25) is 0 Å². The van der Waals surface area contributed by atoms with Crippen molar-refractivity contribution < 1.29 is 9.21 Å². The van der Waals surface area contributed by atoms with Crippen LogP contribution in [-0.2, 0) is 19.6 Å². The van der Waals surface area contributed by atoms with Crippen LogP contribution in [0.4, 0.5) is 0 Å². The highest BCUT2D eigenvalue weighted by molar-refractivity contribution is 5.94. The molecule has 0 atom stereocenters. The molecule has 158 valence electrons. The number of rotatable bonds is 12. The van der Waals surface area contributed by atoms with Crippen molar-refractivity contribution in [1.82, 2.24) is 20.0 Å². The Balaban J connectivity index is 1.28. The van der Waals surface area contributed by atoms with Gasteiger partial charge in [-0.05, 0) is 68.1 Å². The molecule has 6 nitrogen and oxygen atoms in total. The molecule has 6 heteroatoms. The third-order valence-corrected chi connectivity index (χ3v) is 5.42. The van der Waals surface area contributed by atoms with Crippen molar-refractivity contribution in [2.45, 2.75) is 57.8 Å². The molecule has 3 aromatic rings. The zero-order chi connectivity index (χ0) is 20.6. The molecule has 1 aliphatic carbocycles. The Morgan fingerprint density at radius 1 is 1.10 bits per heavy atom. The van der Waals surface area contributed by atoms with Crippen LogP contribution < -0.4 is 5.32 Å². The number of nitrogens with zero attached hydrogens (tertiary/aromatic N) is 3. The molecular formula is C24H30N4O2. The third kappa shape index (κ3) is 6.32. The molecule has 1 saturated carbocycles. The van der Waals surface area contributed by atoms with Crippen LogP contribution in [0.25, 0.3) is 0 Å². The highest BCUT2D eigenvalue weighted by atomic mass is 16.3. The molecule has 2 heterocycles. The minimum absolute atomic E-state index is 0.0358. The number of furan rings is 1. The molecule has 1 N–H and O–H groups in total. The van der Waals surface area contributed by atoms with E-state index < -0.39 is 0 Å². The van der Waals surface area contributed by atoms with E-state index in [1.54, 1.807) is 6.26 Å². The molecule has 0 spiro atoms. The number of carbonyl (C=O) groups is 1. The van der Waals surface area contributed by atoms with E-state index in [9.17, 15) is 4.79 Å². The first-order chi connectivity index (χ1) is 14.8. The van der Waals surface area contributed by atoms with E-state index in [-0.39, 0.29) is 5.91 Å². The van der Waals surface area contributed by atoms with Crippen molar-refractivity contribution in [3.63, 3.8) is 0 Å². The van der Waals surface area contributed by atoms with Gasteiger partial charge in [0.2, 0.25) is 0 Å². The minimum atomic E-state index is 0.0358. The Morgan fingerprint density at radius 3 is 2.67 bits per heavy atom. The van der Waals surface area contributed by atoms with Crippen LogP contribution in [0.1, 0.15) is 53.8 Å². The van der Waals surface area contributed by atoms with E-state index in [0.29, 0.717) is 6.04 Å². The number of benzene rings is 1. The molecule has 1 aromatic carbocycles. The Labute approximate surface area is 177 Å². The van der Waals surface area contributed by atoms with Gasteiger partial charge in [0.25, 0.3) is 5.91 Å². The smallest absolute Gasteiger partial charge is 0.251 e. The van der Waals surface area contributed by atoms with Gasteiger partial charge in [-0.25, -0.2) is 0 Å². The lowest BCUT2D eigenvalue weighted by Gasteiger charge is -2.21. The van der Waals surface area contributed by atoms with Crippen LogP contribution >= 0.6 is 0 Å². The van der Waals surface area contributed by atoms with Crippen LogP contribution in [0.15, 0.2) is 65.5 Å². The lowest BCUT2D eigenvalue weighted by Crippen LogP contribution is -2.26. The SMILES string of the molecule is O=C(NC1CC1)c1ccc(CN(CCCCCn2cccn2)Cc2ccco2)cc1. The number of hydrogen-bond acceptors (Lipinski definition) is 4. The van der Waals surface area contributed by atoms with Crippen molar-refractivity contribution in [2.24, 2.45) is 0 Å². The van der Waals surface area contributed by atoms with Crippen molar-refractivity contribution in [2.75, 3.05) is 6.54 Å². The molecule has 0 radical (unpaired) electrons. The zero-order valence-electron chi connectivity index (χ0n) is 17.4. The second-order valence-electron chi connectivity index (χ2n) is 8.06. The first-order valence-electron chi connectivity index (χ1n) is 10.9. The molecule has 4 rings (SSSR count). The predicted molar refractivity (Wildman–Crippen MR) is 116 cm³/mol. The van der Waals surface area contributed by atoms with Crippen molar-refractivity contribution in [3.8, 4) is 0 Å². The number of unbranched alkanes of at least 4 members (excludes halogenated alkanes) is 2. The fourth-order valence-corrected chi connectivity index (χ4v) is 3.57. The van der Waals surface area contributed by atoms with Crippen LogP contribution in [0.5, 0.6) is 0 Å². The molecule has 0 aliphatic heterocycles. The lowest BCUT2D eigenvalue weighted by atomic mass is 10.1. The maximum Gasteiger partial charge on any atom is 0.251 e. The number of hydrogen-bond donors (Lipinski definition) is 1. The Bertz CT molecular complexity index is 884. The maximum atomic E-state index is 12.2. The maximum absolute atomic E-state index is 12.2. The van der Waals surface area contributed by atoms with Crippen LogP contribution in [0, 0.1) is 0 Å². The second-order valence-corrected chi connectivity index (χ2v) is 8.06. The molecule has 1 amide bonds. The summed E-state index contributed by atoms with van der Waals surface area (Å²) < 4.78 is 7.55. The number of amides is 1. The second kappa shape index (κ2) is 10.3. The highest BCUT2D eigenvalue weighted by Crippen LogP contribution is 2.19. The van der Waals surface area contributed by atoms with Gasteiger partial charge < -0.3 is 9.73 Å². The molecule has 0 saturated heterocycles. The van der Waals surface area contributed by atoms with E-state index in [4.69, 9.17) is 4.42 Å². The molecule has 1 aliphatic rings. The van der Waals surface area contributed by atoms with Gasteiger partial charge in [0.15, 0.2) is 0 Å². The van der Waals surface area contributed by atoms with Gasteiger partial charge in [0.1, 0.15) is 5.76 Å². The first kappa shape index (κ1) is 20.4. The van der Waals surface area contributed by atoms with Gasteiger partial charge >= 0.3 is 0 Å². The monoisotopic (exact) mass is 406 g/mol. The average Bonchev–Trinajstić information content (AvgIpc) is 3.19. The van der Waals surface area contributed by atoms with E-state index in [1.807, 2.05) is 47.4 Å². The van der Waals surface area contributed by atoms with Gasteiger partial charge in [0.05, 0.1) is 12.8 Å². The van der Waals surface area contributed by atoms with E-state index in [2.05, 4.69) is 27.4 Å². The van der Waals surface area contributed by atoms with Gasteiger partial charge in [-0.1, -0.05) is 18.6 Å². The fraction of sp³-hybridized carbons (Fsp3) is 0.417. The Kier molecular flexibility index (Phi) is 6.98. The van der Waals surface area contributed by atoms with Gasteiger partial charge in [0, 0.05) is 37.1 Å². The molecule has 0 bridgehead atoms. The number of aromatic nitrogens is 2. The van der Waals surface area contributed by atoms with Crippen molar-refractivity contribution in [1.29, 1.82) is 0 Å². The lowest BCUT2D eigenvalue weighted by molar-refractivity contribution is 0.0951. The molecular weight excluding hydrogens is 376 g/mol. The number of carbonyl (C=O) groups excluding carboxylic acids is 1. The van der Waals surface area contributed by atoms with E-state index in [0.717, 1.165) is 69.6 Å². The molecule has 1 fully saturated rings. The van der Waals surface area contributed by atoms with Crippen molar-refractivity contribution >= 4 is 5.91 Å². The normalized spacial score (nSPS) is 13.6. The highest BCUT2D eigenvalue weighted by Gasteiger charge is 2.23. The summed E-state index contributed by atoms with van der Waals surface area (Å²) in [6.45, 7) is 3.60. The average molecular weight is 407 g/mol. The quantitative estimate of drug-likeness (QED) is 0.457. The summed E-state index contributed by atoms with van der Waals surface area (Å²) in [7, 11) is 0. The summed E-state index contributed by atoms with van der Waals surface area (Å²) in [5, 5.41) is 7.30. The van der Waals surface area contributed by atoms with E-state index in [1.165, 1.54) is 5.56 Å². The first-order valence-corrected chi connectivity index (χ1v) is 10.9. The van der Waals surface area contributed by atoms with Crippen LogP contribution in [-0.4, -0.2) is 33.2 Å². The molecule has 30 heavy (non-hydrogen) atoms. The standard InChI is InChI=1S/C24H30N4O2/c29-24(26-22-11-12-22)21-9-7-20(8-10-21)18-27(19-23-6-4-17-30-23)14-2-1-3-15-28-16-5-13-25-28/h4-10,13,16-17,22H,1-3,11-12,14-15,18-19H2,(H,26,29). The zero-order valence-corrected chi connectivity index (χ0v) is 17.4. The van der Waals surface area contributed by atoms with Crippen molar-refractivity contribution in [3.05, 3.63) is 78.0 Å². The molecule has 2 aromatic heterocycles. The van der Waals surface area contributed by atoms with Gasteiger partial charge in [-0.2, -0.15) is 5.10 Å². The Morgan fingerprint density at radius 2 is 1.97 bits per heavy atom. The number of aryl methyl sites for hydroxylation is 1. The minimum Gasteiger partial charge on any atom is -0.468 e.